The normalized spacial score (nSPS) is 20.2. The van der Waals surface area contributed by atoms with E-state index >= 15 is 0 Å². The number of piperazine rings is 1. The molecule has 2 heterocycles. The lowest BCUT2D eigenvalue weighted by Gasteiger charge is -2.35. The molecule has 1 unspecified atom stereocenters. The van der Waals surface area contributed by atoms with Crippen molar-refractivity contribution in [3.05, 3.63) is 65.2 Å². The number of rotatable bonds is 6. The summed E-state index contributed by atoms with van der Waals surface area (Å²) in [4.78, 5) is 18.7. The van der Waals surface area contributed by atoms with Crippen molar-refractivity contribution in [2.24, 2.45) is 0 Å². The molecule has 1 atom stereocenters. The Balaban J connectivity index is 1.34. The molecule has 0 spiro atoms. The minimum atomic E-state index is 0.163. The largest absolute Gasteiger partial charge is 0.377 e. The summed E-state index contributed by atoms with van der Waals surface area (Å²) in [6.45, 7) is 7.42. The molecular weight excluding hydrogens is 380 g/mol. The first-order valence-corrected chi connectivity index (χ1v) is 11.6. The van der Waals surface area contributed by atoms with Gasteiger partial charge >= 0.3 is 0 Å². The fourth-order valence-corrected chi connectivity index (χ4v) is 5.15. The standard InChI is InChI=1S/C24H30N2O2S/c1-19-7-2-3-8-20(19)17-25-12-14-26(15-13-25)24(27)22-10-4-5-11-23(22)29-18-21-9-6-16-28-21/h2-5,7-8,10-11,21H,6,9,12-18H2,1H3. The molecule has 0 aromatic heterocycles. The third-order valence-corrected chi connectivity index (χ3v) is 7.09. The van der Waals surface area contributed by atoms with E-state index in [-0.39, 0.29) is 5.91 Å². The van der Waals surface area contributed by atoms with Gasteiger partial charge in [-0.05, 0) is 43.0 Å². The predicted molar refractivity (Wildman–Crippen MR) is 118 cm³/mol. The van der Waals surface area contributed by atoms with Crippen LogP contribution in [0.2, 0.25) is 0 Å². The lowest BCUT2D eigenvalue weighted by molar-refractivity contribution is 0.0624. The number of nitrogens with zero attached hydrogens (tertiary/aromatic N) is 2. The molecule has 29 heavy (non-hydrogen) atoms. The Kier molecular flexibility index (Phi) is 6.90. The van der Waals surface area contributed by atoms with Gasteiger partial charge in [-0.2, -0.15) is 0 Å². The average Bonchev–Trinajstić information content (AvgIpc) is 3.28. The van der Waals surface area contributed by atoms with E-state index in [2.05, 4.69) is 42.2 Å². The highest BCUT2D eigenvalue weighted by atomic mass is 32.2. The van der Waals surface area contributed by atoms with Crippen LogP contribution in [0.15, 0.2) is 53.4 Å². The Morgan fingerprint density at radius 1 is 1.07 bits per heavy atom. The van der Waals surface area contributed by atoms with Crippen LogP contribution in [0.1, 0.15) is 34.3 Å². The molecule has 2 saturated heterocycles. The van der Waals surface area contributed by atoms with Crippen LogP contribution in [0.5, 0.6) is 0 Å². The third-order valence-electron chi connectivity index (χ3n) is 5.88. The van der Waals surface area contributed by atoms with E-state index < -0.39 is 0 Å². The number of aryl methyl sites for hydroxylation is 1. The van der Waals surface area contributed by atoms with E-state index in [1.54, 1.807) is 11.8 Å². The number of carbonyl (C=O) groups is 1. The maximum atomic E-state index is 13.2. The van der Waals surface area contributed by atoms with Crippen LogP contribution in [0.25, 0.3) is 0 Å². The number of hydrogen-bond donors (Lipinski definition) is 0. The Bertz CT molecular complexity index is 827. The lowest BCUT2D eigenvalue weighted by atomic mass is 10.1. The zero-order chi connectivity index (χ0) is 20.1. The van der Waals surface area contributed by atoms with Crippen LogP contribution in [-0.4, -0.2) is 60.3 Å². The second kappa shape index (κ2) is 9.79. The number of benzene rings is 2. The molecule has 0 saturated carbocycles. The van der Waals surface area contributed by atoms with E-state index in [0.717, 1.165) is 68.4 Å². The van der Waals surface area contributed by atoms with Crippen molar-refractivity contribution < 1.29 is 9.53 Å². The Labute approximate surface area is 178 Å². The molecule has 2 aliphatic rings. The van der Waals surface area contributed by atoms with Gasteiger partial charge in [-0.25, -0.2) is 0 Å². The van der Waals surface area contributed by atoms with Crippen molar-refractivity contribution in [1.29, 1.82) is 0 Å². The highest BCUT2D eigenvalue weighted by molar-refractivity contribution is 7.99. The highest BCUT2D eigenvalue weighted by Gasteiger charge is 2.24. The smallest absolute Gasteiger partial charge is 0.255 e. The fraction of sp³-hybridized carbons (Fsp3) is 0.458. The molecule has 1 amide bonds. The molecule has 4 rings (SSSR count). The zero-order valence-corrected chi connectivity index (χ0v) is 18.0. The predicted octanol–water partition coefficient (Wildman–Crippen LogP) is 4.22. The molecule has 154 valence electrons. The molecule has 0 radical (unpaired) electrons. The van der Waals surface area contributed by atoms with Gasteiger partial charge in [-0.15, -0.1) is 11.8 Å². The maximum absolute atomic E-state index is 13.2. The fourth-order valence-electron chi connectivity index (χ4n) is 4.04. The Morgan fingerprint density at radius 3 is 2.59 bits per heavy atom. The van der Waals surface area contributed by atoms with Gasteiger partial charge in [-0.3, -0.25) is 9.69 Å². The molecule has 5 heteroatoms. The summed E-state index contributed by atoms with van der Waals surface area (Å²) in [6.07, 6.45) is 2.61. The van der Waals surface area contributed by atoms with Crippen LogP contribution in [0.4, 0.5) is 0 Å². The number of carbonyl (C=O) groups excluding carboxylic acids is 1. The maximum Gasteiger partial charge on any atom is 0.255 e. The second-order valence-electron chi connectivity index (χ2n) is 7.94. The summed E-state index contributed by atoms with van der Waals surface area (Å²) in [6, 6.07) is 16.6. The Morgan fingerprint density at radius 2 is 1.83 bits per heavy atom. The summed E-state index contributed by atoms with van der Waals surface area (Å²) in [5.74, 6) is 1.09. The first-order valence-electron chi connectivity index (χ1n) is 10.6. The summed E-state index contributed by atoms with van der Waals surface area (Å²) in [5.41, 5.74) is 3.55. The van der Waals surface area contributed by atoms with Crippen LogP contribution in [-0.2, 0) is 11.3 Å². The molecular formula is C24H30N2O2S. The molecule has 0 aliphatic carbocycles. The summed E-state index contributed by atoms with van der Waals surface area (Å²) < 4.78 is 5.74. The molecule has 2 aromatic rings. The van der Waals surface area contributed by atoms with Crippen molar-refractivity contribution in [1.82, 2.24) is 9.80 Å². The lowest BCUT2D eigenvalue weighted by Crippen LogP contribution is -2.48. The number of hydrogen-bond acceptors (Lipinski definition) is 4. The average molecular weight is 411 g/mol. The van der Waals surface area contributed by atoms with Gasteiger partial charge in [0.2, 0.25) is 0 Å². The molecule has 0 bridgehead atoms. The molecule has 2 fully saturated rings. The second-order valence-corrected chi connectivity index (χ2v) is 9.00. The van der Waals surface area contributed by atoms with Crippen molar-refractivity contribution in [3.63, 3.8) is 0 Å². The van der Waals surface area contributed by atoms with Crippen LogP contribution in [0, 0.1) is 6.92 Å². The Hall–Kier alpha value is -1.82. The van der Waals surface area contributed by atoms with E-state index in [0.29, 0.717) is 6.10 Å². The third kappa shape index (κ3) is 5.21. The summed E-state index contributed by atoms with van der Waals surface area (Å²) >= 11 is 1.76. The van der Waals surface area contributed by atoms with Crippen LogP contribution < -0.4 is 0 Å². The monoisotopic (exact) mass is 410 g/mol. The number of ether oxygens (including phenoxy) is 1. The van der Waals surface area contributed by atoms with Crippen molar-refractivity contribution in [2.75, 3.05) is 38.5 Å². The van der Waals surface area contributed by atoms with Crippen molar-refractivity contribution in [3.8, 4) is 0 Å². The molecule has 2 aromatic carbocycles. The van der Waals surface area contributed by atoms with E-state index in [1.807, 2.05) is 23.1 Å². The number of amides is 1. The van der Waals surface area contributed by atoms with Gasteiger partial charge < -0.3 is 9.64 Å². The van der Waals surface area contributed by atoms with Crippen LogP contribution >= 0.6 is 11.8 Å². The van der Waals surface area contributed by atoms with Crippen LogP contribution in [0.3, 0.4) is 0 Å². The van der Waals surface area contributed by atoms with Gasteiger partial charge in [0.15, 0.2) is 0 Å². The summed E-state index contributed by atoms with van der Waals surface area (Å²) in [7, 11) is 0. The van der Waals surface area contributed by atoms with E-state index in [4.69, 9.17) is 4.74 Å². The minimum absolute atomic E-state index is 0.163. The van der Waals surface area contributed by atoms with Gasteiger partial charge in [0, 0.05) is 50.0 Å². The van der Waals surface area contributed by atoms with E-state index in [1.165, 1.54) is 11.1 Å². The van der Waals surface area contributed by atoms with Gasteiger partial charge in [0.1, 0.15) is 0 Å². The zero-order valence-electron chi connectivity index (χ0n) is 17.2. The summed E-state index contributed by atoms with van der Waals surface area (Å²) in [5, 5.41) is 0. The quantitative estimate of drug-likeness (QED) is 0.668. The SMILES string of the molecule is Cc1ccccc1CN1CCN(C(=O)c2ccccc2SCC2CCCO2)CC1. The molecule has 2 aliphatic heterocycles. The van der Waals surface area contributed by atoms with E-state index in [9.17, 15) is 4.79 Å². The topological polar surface area (TPSA) is 32.8 Å². The van der Waals surface area contributed by atoms with Gasteiger partial charge in [-0.1, -0.05) is 36.4 Å². The highest BCUT2D eigenvalue weighted by Crippen LogP contribution is 2.28. The van der Waals surface area contributed by atoms with Gasteiger partial charge in [0.25, 0.3) is 5.91 Å². The first kappa shape index (κ1) is 20.5. The van der Waals surface area contributed by atoms with Gasteiger partial charge in [0.05, 0.1) is 11.7 Å². The molecule has 0 N–H and O–H groups in total. The number of thioether (sulfide) groups is 1. The van der Waals surface area contributed by atoms with Crippen molar-refractivity contribution in [2.45, 2.75) is 37.3 Å². The first-order chi connectivity index (χ1) is 14.2. The molecule has 4 nitrogen and oxygen atoms in total. The minimum Gasteiger partial charge on any atom is -0.377 e. The van der Waals surface area contributed by atoms with Crippen molar-refractivity contribution >= 4 is 17.7 Å².